The molecule has 0 bridgehead atoms. The second-order valence-electron chi connectivity index (χ2n) is 14.1. The van der Waals surface area contributed by atoms with Crippen LogP contribution in [0.15, 0.2) is 85.1 Å². The highest BCUT2D eigenvalue weighted by Gasteiger charge is 2.28. The molecule has 0 aromatic heterocycles. The summed E-state index contributed by atoms with van der Waals surface area (Å²) < 4.78 is 47.6. The lowest BCUT2D eigenvalue weighted by atomic mass is 10.1. The van der Waals surface area contributed by atoms with Crippen molar-refractivity contribution in [2.75, 3.05) is 26.4 Å². The van der Waals surface area contributed by atoms with E-state index in [1.807, 2.05) is 36.5 Å². The molecule has 0 heterocycles. The number of allylic oxidation sites excluding steroid dienone is 12. The molecule has 60 heavy (non-hydrogen) atoms. The Morgan fingerprint density at radius 1 is 0.567 bits per heavy atom. The number of hydrogen-bond acceptors (Lipinski definition) is 11. The van der Waals surface area contributed by atoms with Crippen LogP contribution in [0.1, 0.15) is 136 Å². The van der Waals surface area contributed by atoms with E-state index in [4.69, 9.17) is 23.8 Å². The third-order valence-corrected chi connectivity index (χ3v) is 9.80. The lowest BCUT2D eigenvalue weighted by Gasteiger charge is -2.20. The monoisotopic (exact) mass is 888 g/mol. The van der Waals surface area contributed by atoms with E-state index in [2.05, 4.69) is 59.4 Å². The first kappa shape index (κ1) is 57.3. The highest BCUT2D eigenvalue weighted by atomic mass is 31.2. The summed E-state index contributed by atoms with van der Waals surface area (Å²) >= 11 is 0. The summed E-state index contributed by atoms with van der Waals surface area (Å²) in [6.07, 6.45) is 40.4. The second-order valence-corrected chi connectivity index (χ2v) is 16.8. The second kappa shape index (κ2) is 39.1. The first-order chi connectivity index (χ1) is 28.8. The molecule has 0 radical (unpaired) electrons. The van der Waals surface area contributed by atoms with E-state index in [-0.39, 0.29) is 12.8 Å². The average Bonchev–Trinajstić information content (AvgIpc) is 3.20. The van der Waals surface area contributed by atoms with Gasteiger partial charge in [0.05, 0.1) is 25.9 Å². The highest BCUT2D eigenvalue weighted by molar-refractivity contribution is 7.47. The van der Waals surface area contributed by atoms with E-state index in [1.165, 1.54) is 25.7 Å². The Morgan fingerprint density at radius 2 is 1.13 bits per heavy atom. The summed E-state index contributed by atoms with van der Waals surface area (Å²) in [6, 6.07) is 0. The summed E-state index contributed by atoms with van der Waals surface area (Å²) in [5.74, 6) is -1.16. The van der Waals surface area contributed by atoms with E-state index in [9.17, 15) is 33.8 Å². The summed E-state index contributed by atoms with van der Waals surface area (Å²) in [5.41, 5.74) is 0. The van der Waals surface area contributed by atoms with Crippen LogP contribution in [0.2, 0.25) is 0 Å². The number of phosphoric acid groups is 2. The van der Waals surface area contributed by atoms with Gasteiger partial charge in [-0.05, 0) is 70.6 Å². The van der Waals surface area contributed by atoms with Gasteiger partial charge in [0.1, 0.15) is 12.7 Å². The van der Waals surface area contributed by atoms with Gasteiger partial charge in [0, 0.05) is 12.8 Å². The average molecular weight is 889 g/mol. The third-order valence-electron chi connectivity index (χ3n) is 8.37. The van der Waals surface area contributed by atoms with E-state index in [1.54, 1.807) is 12.2 Å². The van der Waals surface area contributed by atoms with Gasteiger partial charge in [-0.1, -0.05) is 137 Å². The molecule has 0 rings (SSSR count). The number of ether oxygens (including phenoxy) is 2. The molecule has 16 heteroatoms. The van der Waals surface area contributed by atoms with Gasteiger partial charge < -0.3 is 34.4 Å². The van der Waals surface area contributed by atoms with Crippen LogP contribution in [0.25, 0.3) is 0 Å². The topological polar surface area (TPSA) is 216 Å². The molecule has 0 amide bonds. The van der Waals surface area contributed by atoms with Crippen LogP contribution in [-0.4, -0.2) is 81.6 Å². The van der Waals surface area contributed by atoms with E-state index >= 15 is 0 Å². The van der Waals surface area contributed by atoms with Gasteiger partial charge in [-0.2, -0.15) is 0 Å². The minimum atomic E-state index is -4.88. The smallest absolute Gasteiger partial charge is 0.462 e. The number of rotatable bonds is 39. The zero-order chi connectivity index (χ0) is 44.6. The molecular weight excluding hydrogens is 814 g/mol. The van der Waals surface area contributed by atoms with Crippen LogP contribution in [0.3, 0.4) is 0 Å². The summed E-state index contributed by atoms with van der Waals surface area (Å²) in [7, 11) is -9.73. The molecule has 344 valence electrons. The van der Waals surface area contributed by atoms with E-state index < -0.39 is 72.3 Å². The molecule has 4 atom stereocenters. The van der Waals surface area contributed by atoms with Crippen molar-refractivity contribution in [1.82, 2.24) is 0 Å². The van der Waals surface area contributed by atoms with Crippen LogP contribution in [0, 0.1) is 0 Å². The Bertz CT molecular complexity index is 1400. The Morgan fingerprint density at radius 3 is 1.83 bits per heavy atom. The molecule has 2 unspecified atom stereocenters. The fourth-order valence-corrected chi connectivity index (χ4v) is 6.26. The van der Waals surface area contributed by atoms with Crippen molar-refractivity contribution in [3.05, 3.63) is 85.1 Å². The largest absolute Gasteiger partial charge is 0.472 e. The van der Waals surface area contributed by atoms with Gasteiger partial charge in [-0.25, -0.2) is 9.13 Å². The molecule has 14 nitrogen and oxygen atoms in total. The SMILES string of the molecule is CC/C=C\C/C=C\CC(O)/C=C/C=C\C/C=C\CCCC(=O)O[C@H](COC(=O)CCCCCCC/C=C\C=C/CCCCCC)COP(=O)(O)OC[C@@H](O)COP(=O)(O)O. The number of aliphatic hydroxyl groups is 2. The maximum Gasteiger partial charge on any atom is 0.472 e. The number of esters is 2. The van der Waals surface area contributed by atoms with E-state index in [0.29, 0.717) is 32.1 Å². The third kappa shape index (κ3) is 42.0. The van der Waals surface area contributed by atoms with Crippen molar-refractivity contribution >= 4 is 27.6 Å². The Kier molecular flexibility index (Phi) is 37.3. The Labute approximate surface area is 359 Å². The molecule has 0 aromatic carbocycles. The highest BCUT2D eigenvalue weighted by Crippen LogP contribution is 2.43. The first-order valence-corrected chi connectivity index (χ1v) is 24.4. The van der Waals surface area contributed by atoms with Crippen molar-refractivity contribution in [3.63, 3.8) is 0 Å². The molecule has 5 N–H and O–H groups in total. The number of hydrogen-bond donors (Lipinski definition) is 5. The lowest BCUT2D eigenvalue weighted by molar-refractivity contribution is -0.161. The maximum absolute atomic E-state index is 12.6. The van der Waals surface area contributed by atoms with Crippen molar-refractivity contribution in [3.8, 4) is 0 Å². The zero-order valence-electron chi connectivity index (χ0n) is 35.9. The molecule has 0 aliphatic carbocycles. The van der Waals surface area contributed by atoms with Crippen molar-refractivity contribution in [1.29, 1.82) is 0 Å². The van der Waals surface area contributed by atoms with Gasteiger partial charge >= 0.3 is 27.6 Å². The number of carbonyl (C=O) groups excluding carboxylic acids is 2. The molecule has 0 spiro atoms. The van der Waals surface area contributed by atoms with Crippen LogP contribution in [-0.2, 0) is 41.8 Å². The van der Waals surface area contributed by atoms with Crippen molar-refractivity contribution in [2.45, 2.75) is 154 Å². The Balaban J connectivity index is 4.74. The molecule has 0 aromatic rings. The molecular formula is C44H74O14P2. The van der Waals surface area contributed by atoms with Gasteiger partial charge in [-0.15, -0.1) is 0 Å². The first-order valence-electron chi connectivity index (χ1n) is 21.4. The summed E-state index contributed by atoms with van der Waals surface area (Å²) in [5, 5.41) is 19.8. The quantitative estimate of drug-likeness (QED) is 0.0128. The van der Waals surface area contributed by atoms with Crippen LogP contribution >= 0.6 is 15.6 Å². The predicted molar refractivity (Wildman–Crippen MR) is 236 cm³/mol. The van der Waals surface area contributed by atoms with Crippen LogP contribution < -0.4 is 0 Å². The van der Waals surface area contributed by atoms with Gasteiger partial charge in [0.25, 0.3) is 0 Å². The molecule has 0 fully saturated rings. The fourth-order valence-electron chi connectivity index (χ4n) is 5.10. The molecule has 0 saturated carbocycles. The van der Waals surface area contributed by atoms with Gasteiger partial charge in [0.15, 0.2) is 6.10 Å². The normalized spacial score (nSPS) is 15.4. The molecule has 0 aliphatic rings. The van der Waals surface area contributed by atoms with Crippen LogP contribution in [0.4, 0.5) is 0 Å². The van der Waals surface area contributed by atoms with E-state index in [0.717, 1.165) is 51.4 Å². The lowest BCUT2D eigenvalue weighted by Crippen LogP contribution is -2.29. The summed E-state index contributed by atoms with van der Waals surface area (Å²) in [6.45, 7) is 1.43. The number of phosphoric ester groups is 2. The minimum Gasteiger partial charge on any atom is -0.462 e. The number of unbranched alkanes of at least 4 members (excludes halogenated alkanes) is 10. The maximum atomic E-state index is 12.6. The standard InChI is InChI=1S/C44H74O14P2/c1-3-5-7-9-11-12-13-14-15-16-17-18-22-26-30-34-43(47)54-38-42(39-57-60(52,53)56-37-41(46)36-55-59(49,50)51)58-44(48)35-31-27-23-20-19-21-25-29-33-40(45)32-28-24-10-8-6-4-2/h6,8,12-15,20-21,23-25,28-29,33,40-42,45-46H,3-5,7,9-11,16-19,22,26-27,30-32,34-39H2,1-2H3,(H,52,53)(H2,49,50,51)/b8-6-,13-12-,15-14-,23-20-,25-21-,28-24-,33-29+/t40?,41-,42+/m0/s1. The van der Waals surface area contributed by atoms with Crippen LogP contribution in [0.5, 0.6) is 0 Å². The molecule has 0 saturated heterocycles. The van der Waals surface area contributed by atoms with Crippen molar-refractivity contribution in [2.24, 2.45) is 0 Å². The summed E-state index contributed by atoms with van der Waals surface area (Å²) in [4.78, 5) is 52.6. The predicted octanol–water partition coefficient (Wildman–Crippen LogP) is 9.75. The Hall–Kier alpha value is -2.74. The minimum absolute atomic E-state index is 0.0131. The van der Waals surface area contributed by atoms with Gasteiger partial charge in [0.2, 0.25) is 0 Å². The van der Waals surface area contributed by atoms with Crippen molar-refractivity contribution < 1.29 is 66.7 Å². The van der Waals surface area contributed by atoms with Gasteiger partial charge in [-0.3, -0.25) is 23.2 Å². The number of aliphatic hydroxyl groups excluding tert-OH is 2. The zero-order valence-corrected chi connectivity index (χ0v) is 37.7. The molecule has 0 aliphatic heterocycles. The number of carbonyl (C=O) groups is 2. The fraction of sp³-hybridized carbons (Fsp3) is 0.636.